The lowest BCUT2D eigenvalue weighted by atomic mass is 10.2. The number of thiophene rings is 1. The number of aryl methyl sites for hydroxylation is 1. The molecule has 7 nitrogen and oxygen atoms in total. The summed E-state index contributed by atoms with van der Waals surface area (Å²) in [6.45, 7) is 1.42. The number of carbonyl (C=O) groups is 2. The van der Waals surface area contributed by atoms with E-state index in [4.69, 9.17) is 4.74 Å². The lowest BCUT2D eigenvalue weighted by Crippen LogP contribution is -2.30. The molecule has 0 radical (unpaired) electrons. The van der Waals surface area contributed by atoms with Crippen LogP contribution in [0.1, 0.15) is 18.2 Å². The van der Waals surface area contributed by atoms with E-state index in [1.165, 1.54) is 25.1 Å². The second-order valence-corrected chi connectivity index (χ2v) is 6.01. The maximum atomic E-state index is 12.0. The normalized spacial score (nSPS) is 11.5. The van der Waals surface area contributed by atoms with Crippen LogP contribution in [0.25, 0.3) is 0 Å². The van der Waals surface area contributed by atoms with Crippen molar-refractivity contribution >= 4 is 34.6 Å². The van der Waals surface area contributed by atoms with Crippen LogP contribution in [-0.4, -0.2) is 22.9 Å². The van der Waals surface area contributed by atoms with Crippen molar-refractivity contribution in [3.8, 4) is 0 Å². The molecule has 0 aliphatic carbocycles. The van der Waals surface area contributed by atoms with Crippen LogP contribution in [0, 0.1) is 10.1 Å². The van der Waals surface area contributed by atoms with Gasteiger partial charge in [-0.05, 0) is 30.9 Å². The Morgan fingerprint density at radius 3 is 2.71 bits per heavy atom. The van der Waals surface area contributed by atoms with Crippen LogP contribution in [0.3, 0.4) is 0 Å². The topological polar surface area (TPSA) is 98.5 Å². The van der Waals surface area contributed by atoms with Gasteiger partial charge in [0.05, 0.1) is 11.3 Å². The largest absolute Gasteiger partial charge is 0.453 e. The van der Waals surface area contributed by atoms with Crippen LogP contribution < -0.4 is 5.32 Å². The smallest absolute Gasteiger partial charge is 0.306 e. The number of hydrogen-bond acceptors (Lipinski definition) is 6. The first-order chi connectivity index (χ1) is 11.5. The maximum Gasteiger partial charge on any atom is 0.306 e. The molecule has 0 aliphatic rings. The zero-order valence-electron chi connectivity index (χ0n) is 12.9. The molecule has 2 aromatic rings. The summed E-state index contributed by atoms with van der Waals surface area (Å²) in [6, 6.07) is 9.59. The van der Waals surface area contributed by atoms with Gasteiger partial charge in [-0.1, -0.05) is 18.2 Å². The summed E-state index contributed by atoms with van der Waals surface area (Å²) in [6.07, 6.45) is -0.320. The molecule has 24 heavy (non-hydrogen) atoms. The molecule has 0 bridgehead atoms. The van der Waals surface area contributed by atoms with E-state index in [0.29, 0.717) is 6.42 Å². The van der Waals surface area contributed by atoms with Crippen LogP contribution >= 0.6 is 11.3 Å². The summed E-state index contributed by atoms with van der Waals surface area (Å²) in [5, 5.41) is 15.2. The third-order valence-corrected chi connectivity index (χ3v) is 4.13. The Labute approximate surface area is 142 Å². The highest BCUT2D eigenvalue weighted by Crippen LogP contribution is 2.23. The zero-order valence-corrected chi connectivity index (χ0v) is 13.7. The Bertz CT molecular complexity index is 730. The Balaban J connectivity index is 1.88. The Morgan fingerprint density at radius 2 is 2.04 bits per heavy atom. The van der Waals surface area contributed by atoms with Crippen LogP contribution in [0.4, 0.5) is 11.4 Å². The number of amides is 1. The van der Waals surface area contributed by atoms with E-state index in [9.17, 15) is 19.7 Å². The summed E-state index contributed by atoms with van der Waals surface area (Å²) in [4.78, 5) is 35.2. The minimum Gasteiger partial charge on any atom is -0.453 e. The highest BCUT2D eigenvalue weighted by molar-refractivity contribution is 7.09. The Hall–Kier alpha value is -2.74. The van der Waals surface area contributed by atoms with Gasteiger partial charge >= 0.3 is 5.97 Å². The predicted octanol–water partition coefficient (Wildman–Crippen LogP) is 3.16. The fourth-order valence-corrected chi connectivity index (χ4v) is 2.67. The molecule has 1 N–H and O–H groups in total. The third-order valence-electron chi connectivity index (χ3n) is 3.19. The predicted molar refractivity (Wildman–Crippen MR) is 89.9 cm³/mol. The SMILES string of the molecule is C[C@H](OC(=O)CCc1cccs1)C(=O)Nc1ccccc1[N+](=O)[O-]. The number of carbonyl (C=O) groups excluding carboxylic acids is 2. The maximum absolute atomic E-state index is 12.0. The molecule has 1 heterocycles. The minimum absolute atomic E-state index is 0.0639. The number of esters is 1. The van der Waals surface area contributed by atoms with Crippen LogP contribution in [-0.2, 0) is 20.7 Å². The van der Waals surface area contributed by atoms with Gasteiger partial charge in [-0.2, -0.15) is 0 Å². The molecule has 1 aromatic carbocycles. The molecule has 0 aliphatic heterocycles. The van der Waals surface area contributed by atoms with Gasteiger partial charge in [0, 0.05) is 10.9 Å². The van der Waals surface area contributed by atoms with E-state index in [2.05, 4.69) is 5.32 Å². The van der Waals surface area contributed by atoms with Crippen molar-refractivity contribution in [2.45, 2.75) is 25.9 Å². The second kappa shape index (κ2) is 8.21. The lowest BCUT2D eigenvalue weighted by molar-refractivity contribution is -0.383. The molecule has 1 aromatic heterocycles. The average molecular weight is 348 g/mol. The molecular formula is C16H16N2O5S. The number of anilines is 1. The van der Waals surface area contributed by atoms with E-state index in [0.717, 1.165) is 4.88 Å². The molecular weight excluding hydrogens is 332 g/mol. The summed E-state index contributed by atoms with van der Waals surface area (Å²) in [5.41, 5.74) is -0.156. The van der Waals surface area contributed by atoms with Crippen molar-refractivity contribution in [3.05, 3.63) is 56.8 Å². The molecule has 0 saturated carbocycles. The first kappa shape index (κ1) is 17.6. The van der Waals surface area contributed by atoms with Crippen molar-refractivity contribution < 1.29 is 19.2 Å². The van der Waals surface area contributed by atoms with Crippen molar-refractivity contribution in [2.75, 3.05) is 5.32 Å². The fourth-order valence-electron chi connectivity index (χ4n) is 1.96. The zero-order chi connectivity index (χ0) is 17.5. The molecule has 0 fully saturated rings. The van der Waals surface area contributed by atoms with Gasteiger partial charge in [-0.3, -0.25) is 19.7 Å². The number of nitrogens with zero attached hydrogens (tertiary/aromatic N) is 1. The number of rotatable bonds is 7. The fraction of sp³-hybridized carbons (Fsp3) is 0.250. The highest BCUT2D eigenvalue weighted by Gasteiger charge is 2.21. The summed E-state index contributed by atoms with van der Waals surface area (Å²) in [7, 11) is 0. The van der Waals surface area contributed by atoms with Gasteiger partial charge in [0.25, 0.3) is 11.6 Å². The average Bonchev–Trinajstić information content (AvgIpc) is 3.06. The number of nitro groups is 1. The van der Waals surface area contributed by atoms with E-state index in [1.807, 2.05) is 17.5 Å². The van der Waals surface area contributed by atoms with Crippen LogP contribution in [0.15, 0.2) is 41.8 Å². The van der Waals surface area contributed by atoms with Gasteiger partial charge in [0.2, 0.25) is 0 Å². The minimum atomic E-state index is -1.04. The lowest BCUT2D eigenvalue weighted by Gasteiger charge is -2.13. The van der Waals surface area contributed by atoms with E-state index in [1.54, 1.807) is 17.4 Å². The second-order valence-electron chi connectivity index (χ2n) is 4.97. The van der Waals surface area contributed by atoms with Crippen molar-refractivity contribution in [1.82, 2.24) is 0 Å². The van der Waals surface area contributed by atoms with Crippen molar-refractivity contribution in [2.24, 2.45) is 0 Å². The monoisotopic (exact) mass is 348 g/mol. The highest BCUT2D eigenvalue weighted by atomic mass is 32.1. The molecule has 126 valence electrons. The number of para-hydroxylation sites is 2. The van der Waals surface area contributed by atoms with Gasteiger partial charge in [0.1, 0.15) is 5.69 Å². The number of hydrogen-bond donors (Lipinski definition) is 1. The summed E-state index contributed by atoms with van der Waals surface area (Å²) >= 11 is 1.55. The van der Waals surface area contributed by atoms with Gasteiger partial charge < -0.3 is 10.1 Å². The standard InChI is InChI=1S/C16H16N2O5S/c1-11(23-15(19)9-8-12-5-4-10-24-12)16(20)17-13-6-2-3-7-14(13)18(21)22/h2-7,10-11H,8-9H2,1H3,(H,17,20)/t11-/m0/s1. The third kappa shape index (κ3) is 4.88. The van der Waals surface area contributed by atoms with E-state index < -0.39 is 22.9 Å². The first-order valence-electron chi connectivity index (χ1n) is 7.23. The van der Waals surface area contributed by atoms with Crippen molar-refractivity contribution in [3.63, 3.8) is 0 Å². The van der Waals surface area contributed by atoms with Gasteiger partial charge in [-0.25, -0.2) is 0 Å². The van der Waals surface area contributed by atoms with Crippen LogP contribution in [0.2, 0.25) is 0 Å². The van der Waals surface area contributed by atoms with Gasteiger partial charge in [0.15, 0.2) is 6.10 Å². The van der Waals surface area contributed by atoms with Gasteiger partial charge in [-0.15, -0.1) is 11.3 Å². The molecule has 2 rings (SSSR count). The Kier molecular flexibility index (Phi) is 6.02. The molecule has 1 amide bonds. The van der Waals surface area contributed by atoms with E-state index >= 15 is 0 Å². The number of nitrogens with one attached hydrogen (secondary N) is 1. The van der Waals surface area contributed by atoms with E-state index in [-0.39, 0.29) is 17.8 Å². The molecule has 1 atom stereocenters. The quantitative estimate of drug-likeness (QED) is 0.471. The Morgan fingerprint density at radius 1 is 1.29 bits per heavy atom. The summed E-state index contributed by atoms with van der Waals surface area (Å²) in [5.74, 6) is -1.11. The number of ether oxygens (including phenoxy) is 1. The summed E-state index contributed by atoms with van der Waals surface area (Å²) < 4.78 is 5.07. The first-order valence-corrected chi connectivity index (χ1v) is 8.11. The molecule has 0 saturated heterocycles. The number of benzene rings is 1. The molecule has 0 spiro atoms. The molecule has 8 heteroatoms. The van der Waals surface area contributed by atoms with Crippen LogP contribution in [0.5, 0.6) is 0 Å². The number of nitro benzene ring substituents is 1. The van der Waals surface area contributed by atoms with Crippen molar-refractivity contribution in [1.29, 1.82) is 0 Å². The molecule has 0 unspecified atom stereocenters.